The van der Waals surface area contributed by atoms with Crippen LogP contribution in [0.4, 0.5) is 5.69 Å². The van der Waals surface area contributed by atoms with E-state index >= 15 is 0 Å². The number of nitro groups is 1. The van der Waals surface area contributed by atoms with Crippen molar-refractivity contribution in [2.45, 2.75) is 82.8 Å². The summed E-state index contributed by atoms with van der Waals surface area (Å²) in [5.74, 6) is -0.129. The van der Waals surface area contributed by atoms with E-state index in [2.05, 4.69) is 5.32 Å². The van der Waals surface area contributed by atoms with E-state index in [-0.39, 0.29) is 35.5 Å². The molecule has 9 nitrogen and oxygen atoms in total. The fourth-order valence-corrected chi connectivity index (χ4v) is 6.97. The number of aliphatic hydroxyl groups excluding tert-OH is 1. The third-order valence-corrected chi connectivity index (χ3v) is 9.54. The normalized spacial score (nSPS) is 17.1. The molecular formula is C29H41N3O6S. The Labute approximate surface area is 231 Å². The molecule has 2 N–H and O–H groups in total. The lowest BCUT2D eigenvalue weighted by molar-refractivity contribution is -0.384. The SMILES string of the molecule is CCC1(C(=O)NC(Cc2ccccc2)[C@H](O)CN(CC(C)C)S(=O)(=O)c2ccc([N+](=O)[O-])cc2)CCCCC1. The molecule has 0 aromatic heterocycles. The molecule has 2 aromatic rings. The molecule has 1 fully saturated rings. The maximum absolute atomic E-state index is 13.6. The molecule has 2 atom stereocenters. The van der Waals surface area contributed by atoms with Gasteiger partial charge in [-0.1, -0.05) is 70.4 Å². The second-order valence-corrected chi connectivity index (χ2v) is 12.9. The molecule has 1 saturated carbocycles. The molecular weight excluding hydrogens is 518 g/mol. The van der Waals surface area contributed by atoms with Gasteiger partial charge >= 0.3 is 0 Å². The van der Waals surface area contributed by atoms with Gasteiger partial charge in [-0.15, -0.1) is 0 Å². The smallest absolute Gasteiger partial charge is 0.269 e. The molecule has 0 aliphatic heterocycles. The molecule has 3 rings (SSSR count). The lowest BCUT2D eigenvalue weighted by atomic mass is 9.71. The van der Waals surface area contributed by atoms with E-state index in [0.717, 1.165) is 49.8 Å². The summed E-state index contributed by atoms with van der Waals surface area (Å²) >= 11 is 0. The van der Waals surface area contributed by atoms with Crippen LogP contribution in [0.5, 0.6) is 0 Å². The average molecular weight is 560 g/mol. The first-order chi connectivity index (χ1) is 18.5. The first-order valence-electron chi connectivity index (χ1n) is 13.8. The number of amides is 1. The predicted molar refractivity (Wildman–Crippen MR) is 151 cm³/mol. The Morgan fingerprint density at radius 3 is 2.21 bits per heavy atom. The second kappa shape index (κ2) is 13.5. The van der Waals surface area contributed by atoms with E-state index in [9.17, 15) is 28.4 Å². The van der Waals surface area contributed by atoms with Gasteiger partial charge in [0.2, 0.25) is 15.9 Å². The van der Waals surface area contributed by atoms with Crippen molar-refractivity contribution >= 4 is 21.6 Å². The van der Waals surface area contributed by atoms with Crippen LogP contribution in [-0.2, 0) is 21.2 Å². The van der Waals surface area contributed by atoms with Gasteiger partial charge in [-0.05, 0) is 49.3 Å². The number of nitrogens with one attached hydrogen (secondary N) is 1. The zero-order valence-electron chi connectivity index (χ0n) is 23.1. The summed E-state index contributed by atoms with van der Waals surface area (Å²) in [7, 11) is -4.07. The van der Waals surface area contributed by atoms with Gasteiger partial charge in [-0.2, -0.15) is 4.31 Å². The first-order valence-corrected chi connectivity index (χ1v) is 15.2. The molecule has 1 unspecified atom stereocenters. The maximum atomic E-state index is 13.6. The molecule has 1 aliphatic rings. The first kappa shape index (κ1) is 30.7. The Bertz CT molecular complexity index is 1200. The number of rotatable bonds is 13. The standard InChI is InChI=1S/C29H41N3O6S/c1-4-29(17-9-6-10-18-29)28(34)30-26(19-23-11-7-5-8-12-23)27(33)21-31(20-22(2)3)39(37,38)25-15-13-24(14-16-25)32(35)36/h5,7-8,11-16,22,26-27,33H,4,6,9-10,17-21H2,1-3H3,(H,30,34)/t26?,27-/m1/s1. The van der Waals surface area contributed by atoms with Crippen molar-refractivity contribution < 1.29 is 23.2 Å². The Balaban J connectivity index is 1.89. The Morgan fingerprint density at radius 2 is 1.67 bits per heavy atom. The van der Waals surface area contributed by atoms with Gasteiger partial charge in [0.1, 0.15) is 0 Å². The van der Waals surface area contributed by atoms with E-state index in [1.165, 1.54) is 16.4 Å². The van der Waals surface area contributed by atoms with Crippen molar-refractivity contribution in [3.8, 4) is 0 Å². The van der Waals surface area contributed by atoms with Crippen LogP contribution < -0.4 is 5.32 Å². The van der Waals surface area contributed by atoms with Crippen molar-refractivity contribution in [2.24, 2.45) is 11.3 Å². The second-order valence-electron chi connectivity index (χ2n) is 11.0. The fourth-order valence-electron chi connectivity index (χ4n) is 5.35. The molecule has 10 heteroatoms. The number of sulfonamides is 1. The number of hydrogen-bond acceptors (Lipinski definition) is 6. The fraction of sp³-hybridized carbons (Fsp3) is 0.552. The number of aliphatic hydroxyl groups is 1. The van der Waals surface area contributed by atoms with E-state index < -0.39 is 32.5 Å². The van der Waals surface area contributed by atoms with Crippen LogP contribution >= 0.6 is 0 Å². The summed E-state index contributed by atoms with van der Waals surface area (Å²) in [6.07, 6.45) is 4.57. The molecule has 0 spiro atoms. The molecule has 1 aliphatic carbocycles. The highest BCUT2D eigenvalue weighted by atomic mass is 32.2. The number of hydrogen-bond donors (Lipinski definition) is 2. The van der Waals surface area contributed by atoms with Gasteiger partial charge in [0, 0.05) is 30.6 Å². The highest BCUT2D eigenvalue weighted by Crippen LogP contribution is 2.39. The molecule has 0 radical (unpaired) electrons. The van der Waals surface area contributed by atoms with Crippen molar-refractivity contribution in [3.05, 3.63) is 70.3 Å². The maximum Gasteiger partial charge on any atom is 0.269 e. The lowest BCUT2D eigenvalue weighted by Crippen LogP contribution is -2.54. The average Bonchev–Trinajstić information content (AvgIpc) is 2.92. The molecule has 214 valence electrons. The number of nitro benzene ring substituents is 1. The van der Waals surface area contributed by atoms with Gasteiger partial charge in [-0.3, -0.25) is 14.9 Å². The third-order valence-electron chi connectivity index (χ3n) is 7.69. The van der Waals surface area contributed by atoms with E-state index in [1.54, 1.807) is 0 Å². The van der Waals surface area contributed by atoms with E-state index in [4.69, 9.17) is 0 Å². The topological polar surface area (TPSA) is 130 Å². The zero-order chi connectivity index (χ0) is 28.6. The summed E-state index contributed by atoms with van der Waals surface area (Å²) < 4.78 is 28.4. The van der Waals surface area contributed by atoms with Crippen molar-refractivity contribution in [2.75, 3.05) is 13.1 Å². The minimum atomic E-state index is -4.07. The quantitative estimate of drug-likeness (QED) is 0.271. The Hall–Kier alpha value is -2.82. The summed E-state index contributed by atoms with van der Waals surface area (Å²) in [5, 5.41) is 25.6. The van der Waals surface area contributed by atoms with Crippen molar-refractivity contribution in [1.29, 1.82) is 0 Å². The van der Waals surface area contributed by atoms with Crippen LogP contribution in [0.25, 0.3) is 0 Å². The number of benzene rings is 2. The molecule has 0 heterocycles. The van der Waals surface area contributed by atoms with E-state index in [0.29, 0.717) is 12.8 Å². The minimum absolute atomic E-state index is 0.0437. The van der Waals surface area contributed by atoms with Crippen LogP contribution in [0, 0.1) is 21.4 Å². The highest BCUT2D eigenvalue weighted by Gasteiger charge is 2.40. The number of nitrogens with zero attached hydrogens (tertiary/aromatic N) is 2. The zero-order valence-corrected chi connectivity index (χ0v) is 23.9. The largest absolute Gasteiger partial charge is 0.390 e. The van der Waals surface area contributed by atoms with Crippen LogP contribution in [0.1, 0.15) is 64.9 Å². The van der Waals surface area contributed by atoms with Gasteiger partial charge < -0.3 is 10.4 Å². The molecule has 0 saturated heterocycles. The van der Waals surface area contributed by atoms with Gasteiger partial charge in [-0.25, -0.2) is 8.42 Å². The van der Waals surface area contributed by atoms with Gasteiger partial charge in [0.15, 0.2) is 0 Å². The van der Waals surface area contributed by atoms with Crippen LogP contribution in [0.15, 0.2) is 59.5 Å². The summed E-state index contributed by atoms with van der Waals surface area (Å²) in [6, 6.07) is 13.5. The van der Waals surface area contributed by atoms with E-state index in [1.807, 2.05) is 51.1 Å². The van der Waals surface area contributed by atoms with Crippen LogP contribution in [0.3, 0.4) is 0 Å². The van der Waals surface area contributed by atoms with Crippen molar-refractivity contribution in [3.63, 3.8) is 0 Å². The molecule has 1 amide bonds. The predicted octanol–water partition coefficient (Wildman–Crippen LogP) is 4.69. The summed E-state index contributed by atoms with van der Waals surface area (Å²) in [5.41, 5.74) is 0.238. The van der Waals surface area contributed by atoms with Gasteiger partial charge in [0.25, 0.3) is 5.69 Å². The Kier molecular flexibility index (Phi) is 10.6. The monoisotopic (exact) mass is 559 g/mol. The lowest BCUT2D eigenvalue weighted by Gasteiger charge is -2.38. The third kappa shape index (κ3) is 7.86. The number of carbonyl (C=O) groups excluding carboxylic acids is 1. The minimum Gasteiger partial charge on any atom is -0.390 e. The van der Waals surface area contributed by atoms with Crippen LogP contribution in [-0.4, -0.2) is 53.9 Å². The highest BCUT2D eigenvalue weighted by molar-refractivity contribution is 7.89. The van der Waals surface area contributed by atoms with Gasteiger partial charge in [0.05, 0.1) is 22.0 Å². The molecule has 39 heavy (non-hydrogen) atoms. The molecule has 0 bridgehead atoms. The summed E-state index contributed by atoms with van der Waals surface area (Å²) in [4.78, 5) is 24.0. The summed E-state index contributed by atoms with van der Waals surface area (Å²) in [6.45, 7) is 5.69. The number of carbonyl (C=O) groups is 1. The molecule has 2 aromatic carbocycles. The van der Waals surface area contributed by atoms with Crippen LogP contribution in [0.2, 0.25) is 0 Å². The Morgan fingerprint density at radius 1 is 1.05 bits per heavy atom. The van der Waals surface area contributed by atoms with Crippen molar-refractivity contribution in [1.82, 2.24) is 9.62 Å². The number of non-ortho nitro benzene ring substituents is 1.